The standard InChI is InChI=1S/C24H30F2N2O3.C22H27F3N2O3.C22H28F2N2O3.C21H28F2N2O3/c25-20-12-22-23(13-21(20)26)31-15-24(29)28(22)8-1-7-27-18-4-5-19(27)11-17(10-18)6-9-30-14-16-2-3-16;23-5-9-29-8-4-15-10-16-2-3-17(11-15)26(16)6-1-7-27-20-12-18(24)19(25)13-21(20)30-14-22(27)28;23-18-10-20-21(11-19(18)24)29-13-22(27)26(20)7-1-6-25-15-4-5-16(25)9-17(8-15)28-12-14-2-3-14;22-17-11-19-20(12-18(17)23)28-14-21(26)25(19)8-2-7-24-9-5-16(6-10-24)27-13-15-3-1-4-15/h6,12-13,16,18-19H,1-5,7-11,14-15H2;4,12-13,16-17H,1-3,5-11,14H2;10-11,14-17H,1-9,12-13H2;11-12,15-16H,1-10,13-14H2. The van der Waals surface area contributed by atoms with Crippen molar-refractivity contribution in [2.75, 3.05) is 158 Å². The Morgan fingerprint density at radius 1 is 0.356 bits per heavy atom. The van der Waals surface area contributed by atoms with Gasteiger partial charge in [0.05, 0.1) is 54.8 Å². The molecule has 3 aliphatic carbocycles. The van der Waals surface area contributed by atoms with Gasteiger partial charge in [-0.1, -0.05) is 29.7 Å². The fourth-order valence-electron chi connectivity index (χ4n) is 19.3. The first-order valence-corrected chi connectivity index (χ1v) is 43.3. The van der Waals surface area contributed by atoms with Crippen LogP contribution in [0.5, 0.6) is 23.0 Å². The lowest BCUT2D eigenvalue weighted by Crippen LogP contribution is -2.47. The van der Waals surface area contributed by atoms with Gasteiger partial charge in [0.15, 0.2) is 73.0 Å². The lowest BCUT2D eigenvalue weighted by molar-refractivity contribution is -0.122. The minimum Gasteiger partial charge on any atom is -0.481 e. The summed E-state index contributed by atoms with van der Waals surface area (Å²) in [5.41, 5.74) is 4.17. The number of piperidine rings is 4. The van der Waals surface area contributed by atoms with Gasteiger partial charge in [-0.15, -0.1) is 0 Å². The van der Waals surface area contributed by atoms with E-state index in [1.807, 2.05) is 0 Å². The van der Waals surface area contributed by atoms with Crippen molar-refractivity contribution >= 4 is 46.4 Å². The second-order valence-electron chi connectivity index (χ2n) is 34.4. The Bertz CT molecular complexity index is 4180. The van der Waals surface area contributed by atoms with Crippen LogP contribution in [0.15, 0.2) is 71.8 Å². The molecule has 10 fully saturated rings. The summed E-state index contributed by atoms with van der Waals surface area (Å²) in [6, 6.07) is 11.5. The number of anilines is 4. The molecule has 4 amide bonds. The van der Waals surface area contributed by atoms with Crippen molar-refractivity contribution in [1.29, 1.82) is 0 Å². The quantitative estimate of drug-likeness (QED) is 0.0274. The summed E-state index contributed by atoms with van der Waals surface area (Å²) in [5, 5.41) is 0. The summed E-state index contributed by atoms with van der Waals surface area (Å²) in [6.07, 6.45) is 33.2. The number of likely N-dealkylation sites (tertiary alicyclic amines) is 1. The Morgan fingerprint density at radius 2 is 0.678 bits per heavy atom. The highest BCUT2D eigenvalue weighted by Gasteiger charge is 2.44. The first-order valence-electron chi connectivity index (χ1n) is 43.3. The van der Waals surface area contributed by atoms with Gasteiger partial charge in [0, 0.05) is 164 Å². The second-order valence-corrected chi connectivity index (χ2v) is 34.4. The zero-order chi connectivity index (χ0) is 81.9. The Hall–Kier alpha value is -7.51. The van der Waals surface area contributed by atoms with Crippen LogP contribution in [0.25, 0.3) is 0 Å². The van der Waals surface area contributed by atoms with E-state index in [1.165, 1.54) is 101 Å². The predicted octanol–water partition coefficient (Wildman–Crippen LogP) is 14.5. The summed E-state index contributed by atoms with van der Waals surface area (Å²) in [5.74, 6) is -5.33. The molecule has 29 heteroatoms. The number of carbonyl (C=O) groups excluding carboxylic acids is 4. The molecule has 7 saturated heterocycles. The summed E-state index contributed by atoms with van der Waals surface area (Å²) >= 11 is 0. The maximum atomic E-state index is 13.7. The molecular weight excluding hydrogens is 1540 g/mol. The first-order chi connectivity index (χ1) is 57.3. The lowest BCUT2D eigenvalue weighted by Gasteiger charge is -2.39. The largest absolute Gasteiger partial charge is 0.481 e. The molecule has 18 rings (SSSR count). The molecule has 14 aliphatic rings. The molecule has 0 spiro atoms. The van der Waals surface area contributed by atoms with E-state index in [9.17, 15) is 58.7 Å². The van der Waals surface area contributed by atoms with Gasteiger partial charge in [-0.2, -0.15) is 0 Å². The van der Waals surface area contributed by atoms with Crippen molar-refractivity contribution in [3.05, 3.63) is 118 Å². The smallest absolute Gasteiger partial charge is 0.265 e. The van der Waals surface area contributed by atoms with Crippen LogP contribution in [0, 0.1) is 64.3 Å². The van der Waals surface area contributed by atoms with Crippen LogP contribution in [0.1, 0.15) is 161 Å². The van der Waals surface area contributed by atoms with Crippen molar-refractivity contribution in [3.63, 3.8) is 0 Å². The number of hydrogen-bond donors (Lipinski definition) is 0. The Morgan fingerprint density at radius 3 is 1.03 bits per heavy atom. The number of hydrogen-bond acceptors (Lipinski definition) is 16. The number of amides is 4. The zero-order valence-electron chi connectivity index (χ0n) is 67.5. The third kappa shape index (κ3) is 21.7. The van der Waals surface area contributed by atoms with Crippen LogP contribution >= 0.6 is 0 Å². The van der Waals surface area contributed by atoms with Gasteiger partial charge in [-0.25, -0.2) is 39.5 Å². The molecule has 3 saturated carbocycles. The molecule has 11 heterocycles. The summed E-state index contributed by atoms with van der Waals surface area (Å²) in [6.45, 7) is 10.5. The van der Waals surface area contributed by atoms with Gasteiger partial charge in [-0.3, -0.25) is 33.9 Å². The number of ether oxygens (including phenoxy) is 8. The minimum atomic E-state index is -0.985. The number of nitrogens with zero attached hydrogens (tertiary/aromatic N) is 8. The predicted molar refractivity (Wildman–Crippen MR) is 425 cm³/mol. The summed E-state index contributed by atoms with van der Waals surface area (Å²) in [7, 11) is 0. The van der Waals surface area contributed by atoms with Gasteiger partial charge < -0.3 is 62.4 Å². The number of rotatable bonds is 30. The van der Waals surface area contributed by atoms with Crippen molar-refractivity contribution in [1.82, 2.24) is 19.6 Å². The normalized spacial score (nSPS) is 24.9. The third-order valence-corrected chi connectivity index (χ3v) is 26.2. The second kappa shape index (κ2) is 40.0. The number of benzene rings is 4. The van der Waals surface area contributed by atoms with Crippen LogP contribution < -0.4 is 38.5 Å². The number of alkyl halides is 1. The summed E-state index contributed by atoms with van der Waals surface area (Å²) < 4.78 is 165. The zero-order valence-corrected chi connectivity index (χ0v) is 67.5. The van der Waals surface area contributed by atoms with E-state index in [2.05, 4.69) is 31.8 Å². The molecule has 4 aromatic rings. The van der Waals surface area contributed by atoms with E-state index < -0.39 is 53.2 Å². The third-order valence-electron chi connectivity index (χ3n) is 26.2. The molecule has 11 aliphatic heterocycles. The van der Waals surface area contributed by atoms with E-state index in [4.69, 9.17) is 37.9 Å². The number of carbonyl (C=O) groups is 4. The monoisotopic (exact) mass is 1660 g/mol. The van der Waals surface area contributed by atoms with Crippen LogP contribution in [-0.4, -0.2) is 230 Å². The van der Waals surface area contributed by atoms with E-state index in [-0.39, 0.29) is 79.7 Å². The van der Waals surface area contributed by atoms with Crippen molar-refractivity contribution in [3.8, 4) is 23.0 Å². The fraction of sp³-hybridized carbons (Fsp3) is 0.640. The highest BCUT2D eigenvalue weighted by Crippen LogP contribution is 2.45. The first kappa shape index (κ1) is 85.5. The average molecular weight is 1660 g/mol. The molecular formula is C89H113F9N8O12. The molecule has 4 aromatic carbocycles. The lowest BCUT2D eigenvalue weighted by atomic mass is 9.86. The van der Waals surface area contributed by atoms with Crippen molar-refractivity contribution in [2.45, 2.75) is 209 Å². The molecule has 6 atom stereocenters. The van der Waals surface area contributed by atoms with E-state index >= 15 is 0 Å². The molecule has 6 unspecified atom stereocenters. The molecule has 0 N–H and O–H groups in total. The number of halogens is 9. The van der Waals surface area contributed by atoms with Gasteiger partial charge >= 0.3 is 0 Å². The van der Waals surface area contributed by atoms with E-state index in [0.29, 0.717) is 104 Å². The van der Waals surface area contributed by atoms with Crippen LogP contribution in [0.4, 0.5) is 62.3 Å². The van der Waals surface area contributed by atoms with Gasteiger partial charge in [0.2, 0.25) is 0 Å². The highest BCUT2D eigenvalue weighted by molar-refractivity contribution is 6.00. The van der Waals surface area contributed by atoms with Gasteiger partial charge in [-0.05, 0) is 178 Å². The van der Waals surface area contributed by atoms with E-state index in [0.717, 1.165) is 222 Å². The maximum absolute atomic E-state index is 13.7. The highest BCUT2D eigenvalue weighted by atomic mass is 19.2. The van der Waals surface area contributed by atoms with Gasteiger partial charge in [0.1, 0.15) is 29.7 Å². The maximum Gasteiger partial charge on any atom is 0.265 e. The fourth-order valence-corrected chi connectivity index (χ4v) is 19.3. The Kier molecular flexibility index (Phi) is 29.0. The van der Waals surface area contributed by atoms with Crippen molar-refractivity contribution < 1.29 is 96.6 Å². The van der Waals surface area contributed by atoms with Crippen molar-refractivity contribution in [2.24, 2.45) is 17.8 Å². The Labute approximate surface area is 685 Å². The van der Waals surface area contributed by atoms with Crippen LogP contribution in [0.3, 0.4) is 0 Å². The summed E-state index contributed by atoms with van der Waals surface area (Å²) in [4.78, 5) is 65.3. The van der Waals surface area contributed by atoms with E-state index in [1.54, 1.807) is 0 Å². The Balaban J connectivity index is 0.000000123. The van der Waals surface area contributed by atoms with Crippen LogP contribution in [-0.2, 0) is 38.1 Å². The average Bonchev–Trinajstić information content (AvgIpc) is 1.32. The molecule has 6 bridgehead atoms. The minimum absolute atomic E-state index is 0.132. The number of fused-ring (bicyclic) bond motifs is 10. The molecule has 644 valence electrons. The molecule has 0 radical (unpaired) electrons. The van der Waals surface area contributed by atoms with Crippen LogP contribution in [0.2, 0.25) is 0 Å². The van der Waals surface area contributed by atoms with Gasteiger partial charge in [0.25, 0.3) is 23.6 Å². The SMILES string of the molecule is O=C1COc2cc(F)c(F)cc2N1CCCN1C2CCC1CC(=CCOCC1CC1)C2.O=C1COc2cc(F)c(F)cc2N1CCCN1C2CCC1CC(=CCOCCF)C2.O=C1COc2cc(F)c(F)cc2N1CCCN1C2CCC1CC(OCC1CC1)C2.O=C1COc2cc(F)c(F)cc2N1CCCN1CCC(OCC2CCC2)CC1. The molecule has 0 aromatic heterocycles. The molecule has 20 nitrogen and oxygen atoms in total. The topological polar surface area (TPSA) is 168 Å². The molecule has 118 heavy (non-hydrogen) atoms.